The van der Waals surface area contributed by atoms with Crippen molar-refractivity contribution in [1.82, 2.24) is 5.32 Å². The molecule has 136 valence electrons. The van der Waals surface area contributed by atoms with E-state index < -0.39 is 0 Å². The highest BCUT2D eigenvalue weighted by molar-refractivity contribution is 5.99. The van der Waals surface area contributed by atoms with Gasteiger partial charge in [0.25, 0.3) is 0 Å². The molecular weight excluding hydrogens is 320 g/mol. The summed E-state index contributed by atoms with van der Waals surface area (Å²) in [5, 5.41) is 5.68. The van der Waals surface area contributed by atoms with Crippen LogP contribution in [0.5, 0.6) is 0 Å². The van der Waals surface area contributed by atoms with Gasteiger partial charge in [-0.05, 0) is 44.0 Å². The molecule has 2 rings (SSSR count). The Hall–Kier alpha value is -2.37. The summed E-state index contributed by atoms with van der Waals surface area (Å²) in [5.41, 5.74) is 1.04. The van der Waals surface area contributed by atoms with Gasteiger partial charge in [0.1, 0.15) is 0 Å². The maximum absolute atomic E-state index is 12.2. The van der Waals surface area contributed by atoms with Crippen LogP contribution in [0.15, 0.2) is 24.3 Å². The summed E-state index contributed by atoms with van der Waals surface area (Å²) in [6.07, 6.45) is 3.76. The van der Waals surface area contributed by atoms with E-state index in [1.54, 1.807) is 31.2 Å². The molecular formula is C19H26N2O4. The second kappa shape index (κ2) is 9.20. The van der Waals surface area contributed by atoms with Crippen molar-refractivity contribution in [3.8, 4) is 0 Å². The summed E-state index contributed by atoms with van der Waals surface area (Å²) in [5.74, 6) is -1.06. The molecule has 0 radical (unpaired) electrons. The van der Waals surface area contributed by atoms with Gasteiger partial charge in [-0.25, -0.2) is 4.79 Å². The van der Waals surface area contributed by atoms with E-state index in [0.29, 0.717) is 30.8 Å². The van der Waals surface area contributed by atoms with E-state index in [0.717, 1.165) is 19.3 Å². The Morgan fingerprint density at radius 2 is 1.72 bits per heavy atom. The number of carbonyl (C=O) groups is 3. The first-order chi connectivity index (χ1) is 12.1. The Morgan fingerprint density at radius 3 is 2.36 bits per heavy atom. The van der Waals surface area contributed by atoms with Crippen molar-refractivity contribution in [3.63, 3.8) is 0 Å². The van der Waals surface area contributed by atoms with Gasteiger partial charge in [0, 0.05) is 12.2 Å². The van der Waals surface area contributed by atoms with E-state index in [2.05, 4.69) is 17.6 Å². The monoisotopic (exact) mass is 346 g/mol. The highest BCUT2D eigenvalue weighted by atomic mass is 16.5. The molecule has 1 aromatic carbocycles. The number of hydrogen-bond acceptors (Lipinski definition) is 4. The van der Waals surface area contributed by atoms with E-state index in [9.17, 15) is 14.4 Å². The third-order valence-corrected chi connectivity index (χ3v) is 4.21. The van der Waals surface area contributed by atoms with E-state index >= 15 is 0 Å². The second-order valence-corrected chi connectivity index (χ2v) is 6.23. The lowest BCUT2D eigenvalue weighted by molar-refractivity contribution is -0.125. The molecule has 1 fully saturated rings. The van der Waals surface area contributed by atoms with Crippen LogP contribution in [0.25, 0.3) is 0 Å². The molecule has 1 aliphatic carbocycles. The zero-order chi connectivity index (χ0) is 18.2. The first kappa shape index (κ1) is 19.0. The van der Waals surface area contributed by atoms with Crippen molar-refractivity contribution < 1.29 is 19.1 Å². The maximum Gasteiger partial charge on any atom is 0.338 e. The number of nitrogens with one attached hydrogen (secondary N) is 2. The maximum atomic E-state index is 12.2. The normalized spacial score (nSPS) is 18.3. The molecule has 0 aliphatic heterocycles. The molecule has 1 aromatic rings. The number of unbranched alkanes of at least 4 members (excludes halogenated alkanes) is 2. The van der Waals surface area contributed by atoms with E-state index in [4.69, 9.17) is 4.74 Å². The highest BCUT2D eigenvalue weighted by Crippen LogP contribution is 2.39. The van der Waals surface area contributed by atoms with Crippen molar-refractivity contribution in [3.05, 3.63) is 29.8 Å². The number of carbonyl (C=O) groups excluding carboxylic acids is 3. The summed E-state index contributed by atoms with van der Waals surface area (Å²) in [7, 11) is 0. The number of ether oxygens (including phenoxy) is 1. The summed E-state index contributed by atoms with van der Waals surface area (Å²) in [6, 6.07) is 6.54. The minimum atomic E-state index is -0.387. The van der Waals surface area contributed by atoms with Crippen LogP contribution in [0.3, 0.4) is 0 Å². The van der Waals surface area contributed by atoms with Gasteiger partial charge in [0.15, 0.2) is 0 Å². The SMILES string of the molecule is CCCCCNC(=O)C1CC1C(=O)Nc1ccc(C(=O)OCC)cc1. The van der Waals surface area contributed by atoms with Crippen LogP contribution in [0.1, 0.15) is 49.9 Å². The number of esters is 1. The van der Waals surface area contributed by atoms with Gasteiger partial charge in [0.05, 0.1) is 24.0 Å². The molecule has 0 aromatic heterocycles. The minimum absolute atomic E-state index is 0.0334. The topological polar surface area (TPSA) is 84.5 Å². The number of amides is 2. The van der Waals surface area contributed by atoms with Crippen LogP contribution in [-0.4, -0.2) is 30.9 Å². The summed E-state index contributed by atoms with van der Waals surface area (Å²) >= 11 is 0. The van der Waals surface area contributed by atoms with Gasteiger partial charge in [-0.2, -0.15) is 0 Å². The first-order valence-corrected chi connectivity index (χ1v) is 8.92. The van der Waals surface area contributed by atoms with Crippen LogP contribution in [0.4, 0.5) is 5.69 Å². The van der Waals surface area contributed by atoms with Crippen LogP contribution in [0, 0.1) is 11.8 Å². The fourth-order valence-electron chi connectivity index (χ4n) is 2.63. The molecule has 6 heteroatoms. The molecule has 2 unspecified atom stereocenters. The molecule has 2 N–H and O–H groups in total. The summed E-state index contributed by atoms with van der Waals surface area (Å²) in [4.78, 5) is 35.8. The predicted octanol–water partition coefficient (Wildman–Crippen LogP) is 2.74. The van der Waals surface area contributed by atoms with Crippen LogP contribution in [-0.2, 0) is 14.3 Å². The molecule has 2 atom stereocenters. The Balaban J connectivity index is 1.77. The molecule has 6 nitrogen and oxygen atoms in total. The van der Waals surface area contributed by atoms with E-state index in [-0.39, 0.29) is 29.6 Å². The predicted molar refractivity (Wildman–Crippen MR) is 95.2 cm³/mol. The molecule has 2 amide bonds. The average molecular weight is 346 g/mol. The lowest BCUT2D eigenvalue weighted by atomic mass is 10.2. The van der Waals surface area contributed by atoms with Gasteiger partial charge >= 0.3 is 5.97 Å². The van der Waals surface area contributed by atoms with Crippen molar-refractivity contribution in [1.29, 1.82) is 0 Å². The Bertz CT molecular complexity index is 612. The quantitative estimate of drug-likeness (QED) is 0.532. The average Bonchev–Trinajstić information content (AvgIpc) is 3.40. The van der Waals surface area contributed by atoms with Crippen LogP contribution >= 0.6 is 0 Å². The first-order valence-electron chi connectivity index (χ1n) is 8.92. The Morgan fingerprint density at radius 1 is 1.04 bits per heavy atom. The van der Waals surface area contributed by atoms with Gasteiger partial charge in [-0.1, -0.05) is 19.8 Å². The molecule has 25 heavy (non-hydrogen) atoms. The van der Waals surface area contributed by atoms with Gasteiger partial charge in [-0.3, -0.25) is 9.59 Å². The second-order valence-electron chi connectivity index (χ2n) is 6.23. The molecule has 1 aliphatic rings. The van der Waals surface area contributed by atoms with Crippen LogP contribution < -0.4 is 10.6 Å². The third kappa shape index (κ3) is 5.59. The van der Waals surface area contributed by atoms with Crippen molar-refractivity contribution in [2.45, 2.75) is 39.5 Å². The number of benzene rings is 1. The van der Waals surface area contributed by atoms with E-state index in [1.807, 2.05) is 0 Å². The smallest absolute Gasteiger partial charge is 0.338 e. The number of hydrogen-bond donors (Lipinski definition) is 2. The lowest BCUT2D eigenvalue weighted by Crippen LogP contribution is -2.28. The van der Waals surface area contributed by atoms with Crippen molar-refractivity contribution in [2.24, 2.45) is 11.8 Å². The minimum Gasteiger partial charge on any atom is -0.462 e. The molecule has 0 bridgehead atoms. The highest BCUT2D eigenvalue weighted by Gasteiger charge is 2.47. The van der Waals surface area contributed by atoms with Crippen molar-refractivity contribution >= 4 is 23.5 Å². The molecule has 0 saturated heterocycles. The fourth-order valence-corrected chi connectivity index (χ4v) is 2.63. The lowest BCUT2D eigenvalue weighted by Gasteiger charge is -2.07. The van der Waals surface area contributed by atoms with Gasteiger partial charge in [-0.15, -0.1) is 0 Å². The van der Waals surface area contributed by atoms with Crippen molar-refractivity contribution in [2.75, 3.05) is 18.5 Å². The Kier molecular flexibility index (Phi) is 6.98. The molecule has 1 saturated carbocycles. The van der Waals surface area contributed by atoms with Gasteiger partial charge in [0.2, 0.25) is 11.8 Å². The number of anilines is 1. The largest absolute Gasteiger partial charge is 0.462 e. The van der Waals surface area contributed by atoms with Crippen LogP contribution in [0.2, 0.25) is 0 Å². The molecule has 0 heterocycles. The Labute approximate surface area is 148 Å². The summed E-state index contributed by atoms with van der Waals surface area (Å²) < 4.78 is 4.91. The zero-order valence-electron chi connectivity index (χ0n) is 14.8. The number of rotatable bonds is 9. The fraction of sp³-hybridized carbons (Fsp3) is 0.526. The van der Waals surface area contributed by atoms with Gasteiger partial charge < -0.3 is 15.4 Å². The standard InChI is InChI=1S/C19H26N2O4/c1-3-5-6-11-20-17(22)15-12-16(15)18(23)21-14-9-7-13(8-10-14)19(24)25-4-2/h7-10,15-16H,3-6,11-12H2,1-2H3,(H,20,22)(H,21,23). The zero-order valence-corrected chi connectivity index (χ0v) is 14.8. The summed E-state index contributed by atoms with van der Waals surface area (Å²) in [6.45, 7) is 4.86. The third-order valence-electron chi connectivity index (χ3n) is 4.21. The molecule has 0 spiro atoms. The van der Waals surface area contributed by atoms with E-state index in [1.165, 1.54) is 0 Å².